The number of hydrogen-bond acceptors (Lipinski definition) is 3. The zero-order valence-electron chi connectivity index (χ0n) is 12.7. The number of carbonyl (C=O) groups excluding carboxylic acids is 1. The van der Waals surface area contributed by atoms with Crippen molar-refractivity contribution in [3.63, 3.8) is 0 Å². The maximum Gasteiger partial charge on any atom is 0.131 e. The number of aryl methyl sites for hydroxylation is 2. The minimum absolute atomic E-state index is 0.293. The zero-order chi connectivity index (χ0) is 14.7. The van der Waals surface area contributed by atoms with Gasteiger partial charge in [0.25, 0.3) is 0 Å². The monoisotopic (exact) mass is 341 g/mol. The SMILES string of the molecule is CCn1nc(C)c(Br)c1CN1CCCCC1CC(C)=O. The lowest BCUT2D eigenvalue weighted by Gasteiger charge is -2.35. The summed E-state index contributed by atoms with van der Waals surface area (Å²) < 4.78 is 3.19. The van der Waals surface area contributed by atoms with E-state index in [9.17, 15) is 4.79 Å². The van der Waals surface area contributed by atoms with Gasteiger partial charge in [-0.15, -0.1) is 0 Å². The van der Waals surface area contributed by atoms with E-state index in [1.807, 2.05) is 6.92 Å². The van der Waals surface area contributed by atoms with Crippen molar-refractivity contribution in [2.45, 2.75) is 65.6 Å². The summed E-state index contributed by atoms with van der Waals surface area (Å²) in [4.78, 5) is 13.9. The highest BCUT2D eigenvalue weighted by Gasteiger charge is 2.25. The van der Waals surface area contributed by atoms with E-state index in [0.29, 0.717) is 18.2 Å². The maximum atomic E-state index is 11.5. The van der Waals surface area contributed by atoms with E-state index in [2.05, 4.69) is 37.5 Å². The molecule has 0 bridgehead atoms. The van der Waals surface area contributed by atoms with Crippen molar-refractivity contribution >= 4 is 21.7 Å². The van der Waals surface area contributed by atoms with Crippen LogP contribution in [0, 0.1) is 6.92 Å². The fraction of sp³-hybridized carbons (Fsp3) is 0.733. The molecule has 0 radical (unpaired) electrons. The summed E-state index contributed by atoms with van der Waals surface area (Å²) in [6, 6.07) is 0.397. The Hall–Kier alpha value is -0.680. The van der Waals surface area contributed by atoms with Crippen LogP contribution in [0.5, 0.6) is 0 Å². The average molecular weight is 342 g/mol. The van der Waals surface area contributed by atoms with Crippen molar-refractivity contribution in [1.29, 1.82) is 0 Å². The number of Topliss-reactive ketones (excluding diaryl/α,β-unsaturated/α-hetero) is 1. The Kier molecular flexibility index (Phi) is 5.38. The first-order valence-corrected chi connectivity index (χ1v) is 8.27. The standard InChI is InChI=1S/C15H24BrN3O/c1-4-19-14(15(16)12(3)17-19)10-18-8-6-5-7-13(18)9-11(2)20/h13H,4-10H2,1-3H3. The number of piperidine rings is 1. The Labute approximate surface area is 129 Å². The summed E-state index contributed by atoms with van der Waals surface area (Å²) in [6.45, 7) is 8.69. The fourth-order valence-electron chi connectivity index (χ4n) is 3.04. The molecule has 1 saturated heterocycles. The zero-order valence-corrected chi connectivity index (χ0v) is 14.2. The van der Waals surface area contributed by atoms with Gasteiger partial charge in [0.2, 0.25) is 0 Å². The van der Waals surface area contributed by atoms with Gasteiger partial charge in [-0.2, -0.15) is 5.10 Å². The van der Waals surface area contributed by atoms with Crippen LogP contribution in [0.25, 0.3) is 0 Å². The largest absolute Gasteiger partial charge is 0.300 e. The van der Waals surface area contributed by atoms with E-state index in [1.54, 1.807) is 6.92 Å². The molecule has 112 valence electrons. The molecule has 0 saturated carbocycles. The van der Waals surface area contributed by atoms with Crippen LogP contribution in [0.3, 0.4) is 0 Å². The van der Waals surface area contributed by atoms with Gasteiger partial charge in [-0.1, -0.05) is 6.42 Å². The number of ketones is 1. The maximum absolute atomic E-state index is 11.5. The highest BCUT2D eigenvalue weighted by Crippen LogP contribution is 2.27. The minimum atomic E-state index is 0.293. The van der Waals surface area contributed by atoms with Crippen LogP contribution < -0.4 is 0 Å². The predicted molar refractivity (Wildman–Crippen MR) is 83.7 cm³/mol. The molecule has 2 rings (SSSR count). The van der Waals surface area contributed by atoms with Crippen molar-refractivity contribution in [3.8, 4) is 0 Å². The summed E-state index contributed by atoms with van der Waals surface area (Å²) in [5.41, 5.74) is 2.28. The van der Waals surface area contributed by atoms with E-state index in [1.165, 1.54) is 18.5 Å². The van der Waals surface area contributed by atoms with Gasteiger partial charge in [0.15, 0.2) is 0 Å². The van der Waals surface area contributed by atoms with Gasteiger partial charge in [0.1, 0.15) is 5.78 Å². The number of hydrogen-bond donors (Lipinski definition) is 0. The van der Waals surface area contributed by atoms with E-state index in [4.69, 9.17) is 0 Å². The molecule has 1 aliphatic rings. The molecule has 5 heteroatoms. The van der Waals surface area contributed by atoms with Crippen LogP contribution in [-0.4, -0.2) is 33.1 Å². The number of nitrogens with zero attached hydrogens (tertiary/aromatic N) is 3. The van der Waals surface area contributed by atoms with Crippen LogP contribution in [0.2, 0.25) is 0 Å². The molecule has 1 aliphatic heterocycles. The van der Waals surface area contributed by atoms with Gasteiger partial charge >= 0.3 is 0 Å². The van der Waals surface area contributed by atoms with Crippen molar-refractivity contribution in [2.75, 3.05) is 6.54 Å². The Balaban J connectivity index is 2.16. The second-order valence-electron chi connectivity index (χ2n) is 5.69. The first-order chi connectivity index (χ1) is 9.52. The molecule has 0 spiro atoms. The van der Waals surface area contributed by atoms with Crippen LogP contribution >= 0.6 is 15.9 Å². The second-order valence-corrected chi connectivity index (χ2v) is 6.48. The van der Waals surface area contributed by atoms with Gasteiger partial charge in [-0.3, -0.25) is 14.4 Å². The van der Waals surface area contributed by atoms with Crippen LogP contribution in [0.1, 0.15) is 50.9 Å². The number of rotatable bonds is 5. The Morgan fingerprint density at radius 1 is 1.45 bits per heavy atom. The Morgan fingerprint density at radius 2 is 2.20 bits per heavy atom. The van der Waals surface area contributed by atoms with Crippen molar-refractivity contribution < 1.29 is 4.79 Å². The summed E-state index contributed by atoms with van der Waals surface area (Å²) in [7, 11) is 0. The quantitative estimate of drug-likeness (QED) is 0.824. The Morgan fingerprint density at radius 3 is 2.85 bits per heavy atom. The average Bonchev–Trinajstić information content (AvgIpc) is 2.68. The lowest BCUT2D eigenvalue weighted by atomic mass is 9.97. The first-order valence-electron chi connectivity index (χ1n) is 7.48. The topological polar surface area (TPSA) is 38.1 Å². The molecule has 0 aromatic carbocycles. The van der Waals surface area contributed by atoms with E-state index in [0.717, 1.165) is 36.2 Å². The van der Waals surface area contributed by atoms with Gasteiger partial charge < -0.3 is 0 Å². The molecule has 1 aromatic rings. The lowest BCUT2D eigenvalue weighted by Crippen LogP contribution is -2.40. The van der Waals surface area contributed by atoms with Crippen molar-refractivity contribution in [1.82, 2.24) is 14.7 Å². The first kappa shape index (κ1) is 15.7. The normalized spacial score (nSPS) is 20.3. The number of likely N-dealkylation sites (tertiary alicyclic amines) is 1. The molecule has 4 nitrogen and oxygen atoms in total. The molecule has 0 aliphatic carbocycles. The third-order valence-corrected chi connectivity index (χ3v) is 5.11. The summed E-state index contributed by atoms with van der Waals surface area (Å²) in [6.07, 6.45) is 4.28. The lowest BCUT2D eigenvalue weighted by molar-refractivity contribution is -0.118. The fourth-order valence-corrected chi connectivity index (χ4v) is 3.45. The van der Waals surface area contributed by atoms with Crippen LogP contribution in [0.15, 0.2) is 4.47 Å². The Bertz CT molecular complexity index is 484. The molecule has 1 atom stereocenters. The molecule has 0 N–H and O–H groups in total. The van der Waals surface area contributed by atoms with Gasteiger partial charge in [-0.05, 0) is 56.1 Å². The smallest absolute Gasteiger partial charge is 0.131 e. The van der Waals surface area contributed by atoms with Crippen molar-refractivity contribution in [2.24, 2.45) is 0 Å². The van der Waals surface area contributed by atoms with E-state index in [-0.39, 0.29) is 0 Å². The number of halogens is 1. The van der Waals surface area contributed by atoms with Crippen molar-refractivity contribution in [3.05, 3.63) is 15.9 Å². The predicted octanol–water partition coefficient (Wildman–Crippen LogP) is 3.31. The molecule has 20 heavy (non-hydrogen) atoms. The summed E-state index contributed by atoms with van der Waals surface area (Å²) in [5, 5.41) is 4.56. The highest BCUT2D eigenvalue weighted by atomic mass is 79.9. The number of carbonyl (C=O) groups is 1. The third-order valence-electron chi connectivity index (χ3n) is 4.08. The van der Waals surface area contributed by atoms with Gasteiger partial charge in [-0.25, -0.2) is 0 Å². The van der Waals surface area contributed by atoms with Crippen LogP contribution in [-0.2, 0) is 17.9 Å². The number of aromatic nitrogens is 2. The summed E-state index contributed by atoms with van der Waals surface area (Å²) >= 11 is 3.66. The third kappa shape index (κ3) is 3.50. The molecular formula is C15H24BrN3O. The van der Waals surface area contributed by atoms with Gasteiger partial charge in [0.05, 0.1) is 15.9 Å². The van der Waals surface area contributed by atoms with Gasteiger partial charge in [0, 0.05) is 25.6 Å². The minimum Gasteiger partial charge on any atom is -0.300 e. The second kappa shape index (κ2) is 6.85. The van der Waals surface area contributed by atoms with E-state index < -0.39 is 0 Å². The molecule has 1 aromatic heterocycles. The molecule has 0 amide bonds. The molecule has 2 heterocycles. The highest BCUT2D eigenvalue weighted by molar-refractivity contribution is 9.10. The molecule has 1 fully saturated rings. The van der Waals surface area contributed by atoms with Crippen LogP contribution in [0.4, 0.5) is 0 Å². The molecule has 1 unspecified atom stereocenters. The summed E-state index contributed by atoms with van der Waals surface area (Å²) in [5.74, 6) is 0.293. The molecular weight excluding hydrogens is 318 g/mol. The van der Waals surface area contributed by atoms with E-state index >= 15 is 0 Å².